The summed E-state index contributed by atoms with van der Waals surface area (Å²) in [6.07, 6.45) is 1.48. The fourth-order valence-corrected chi connectivity index (χ4v) is 2.38. The number of nitrogens with one attached hydrogen (secondary N) is 3. The number of esters is 1. The van der Waals surface area contributed by atoms with Gasteiger partial charge in [-0.15, -0.1) is 5.10 Å². The van der Waals surface area contributed by atoms with Crippen molar-refractivity contribution in [2.75, 3.05) is 23.1 Å². The average molecular weight is 378 g/mol. The highest BCUT2D eigenvalue weighted by molar-refractivity contribution is 5.90. The Labute approximate surface area is 161 Å². The normalized spacial score (nSPS) is 10.1. The Kier molecular flexibility index (Phi) is 5.75. The Morgan fingerprint density at radius 1 is 0.964 bits per heavy atom. The average Bonchev–Trinajstić information content (AvgIpc) is 2.68. The van der Waals surface area contributed by atoms with Crippen LogP contribution in [0, 0.1) is 0 Å². The van der Waals surface area contributed by atoms with Crippen LogP contribution in [0.5, 0.6) is 0 Å². The molecule has 0 saturated carbocycles. The largest absolute Gasteiger partial charge is 0.465 e. The molecule has 0 spiro atoms. The maximum Gasteiger partial charge on any atom is 0.337 e. The quantitative estimate of drug-likeness (QED) is 0.560. The monoisotopic (exact) mass is 378 g/mol. The van der Waals surface area contributed by atoms with Gasteiger partial charge in [0.2, 0.25) is 11.9 Å². The highest BCUT2D eigenvalue weighted by Crippen LogP contribution is 2.20. The molecule has 0 saturated heterocycles. The summed E-state index contributed by atoms with van der Waals surface area (Å²) in [6, 6.07) is 13.9. The van der Waals surface area contributed by atoms with E-state index < -0.39 is 5.97 Å². The lowest BCUT2D eigenvalue weighted by Crippen LogP contribution is -2.06. The molecule has 0 unspecified atom stereocenters. The van der Waals surface area contributed by atoms with Crippen LogP contribution in [0.4, 0.5) is 28.8 Å². The number of carbonyl (C=O) groups excluding carboxylic acids is 2. The second-order valence-corrected chi connectivity index (χ2v) is 5.75. The van der Waals surface area contributed by atoms with Gasteiger partial charge in [-0.1, -0.05) is 6.07 Å². The van der Waals surface area contributed by atoms with Gasteiger partial charge in [-0.3, -0.25) is 4.79 Å². The van der Waals surface area contributed by atoms with Crippen LogP contribution >= 0.6 is 0 Å². The molecule has 9 nitrogen and oxygen atoms in total. The van der Waals surface area contributed by atoms with Gasteiger partial charge in [-0.2, -0.15) is 10.1 Å². The van der Waals surface area contributed by atoms with E-state index in [0.717, 1.165) is 5.69 Å². The molecule has 9 heteroatoms. The molecule has 0 atom stereocenters. The smallest absolute Gasteiger partial charge is 0.337 e. The number of methoxy groups -OCH3 is 1. The standard InChI is InChI=1S/C19H18N6O3/c1-12(26)21-15-4-3-5-16(10-15)22-17-11-20-25-19(24-17)23-14-8-6-13(7-9-14)18(27)28-2/h3-11H,1-2H3,(H,21,26)(H2,22,23,24,25). The van der Waals surface area contributed by atoms with Crippen molar-refractivity contribution in [1.82, 2.24) is 15.2 Å². The second-order valence-electron chi connectivity index (χ2n) is 5.75. The molecule has 2 aromatic carbocycles. The fourth-order valence-electron chi connectivity index (χ4n) is 2.38. The maximum atomic E-state index is 11.5. The number of benzene rings is 2. The highest BCUT2D eigenvalue weighted by atomic mass is 16.5. The zero-order valence-corrected chi connectivity index (χ0v) is 15.3. The van der Waals surface area contributed by atoms with E-state index in [1.165, 1.54) is 20.2 Å². The fraction of sp³-hybridized carbons (Fsp3) is 0.105. The van der Waals surface area contributed by atoms with Crippen molar-refractivity contribution in [1.29, 1.82) is 0 Å². The summed E-state index contributed by atoms with van der Waals surface area (Å²) < 4.78 is 4.67. The molecular weight excluding hydrogens is 360 g/mol. The van der Waals surface area contributed by atoms with E-state index in [1.807, 2.05) is 12.1 Å². The van der Waals surface area contributed by atoms with Gasteiger partial charge < -0.3 is 20.7 Å². The third kappa shape index (κ3) is 5.01. The zero-order valence-electron chi connectivity index (χ0n) is 15.3. The first kappa shape index (κ1) is 18.8. The molecule has 3 rings (SSSR count). The number of hydrogen-bond donors (Lipinski definition) is 3. The number of carbonyl (C=O) groups is 2. The third-order valence-corrected chi connectivity index (χ3v) is 3.58. The lowest BCUT2D eigenvalue weighted by atomic mass is 10.2. The predicted molar refractivity (Wildman–Crippen MR) is 105 cm³/mol. The molecule has 28 heavy (non-hydrogen) atoms. The molecule has 3 aromatic rings. The zero-order chi connectivity index (χ0) is 19.9. The van der Waals surface area contributed by atoms with Gasteiger partial charge in [0, 0.05) is 24.0 Å². The van der Waals surface area contributed by atoms with Crippen molar-refractivity contribution in [2.24, 2.45) is 0 Å². The number of ether oxygens (including phenoxy) is 1. The lowest BCUT2D eigenvalue weighted by Gasteiger charge is -2.09. The molecule has 142 valence electrons. The van der Waals surface area contributed by atoms with Crippen LogP contribution in [0.3, 0.4) is 0 Å². The number of hydrogen-bond acceptors (Lipinski definition) is 8. The summed E-state index contributed by atoms with van der Waals surface area (Å²) in [6.45, 7) is 1.45. The van der Waals surface area contributed by atoms with Crippen molar-refractivity contribution < 1.29 is 14.3 Å². The number of amides is 1. The molecule has 0 radical (unpaired) electrons. The Morgan fingerprint density at radius 2 is 1.71 bits per heavy atom. The summed E-state index contributed by atoms with van der Waals surface area (Å²) in [5, 5.41) is 16.7. The molecule has 1 heterocycles. The predicted octanol–water partition coefficient (Wildman–Crippen LogP) is 3.10. The molecule has 3 N–H and O–H groups in total. The Hall–Kier alpha value is -4.01. The van der Waals surface area contributed by atoms with Crippen molar-refractivity contribution in [3.8, 4) is 0 Å². The van der Waals surface area contributed by atoms with Crippen LogP contribution in [0.25, 0.3) is 0 Å². The van der Waals surface area contributed by atoms with Crippen LogP contribution in [0.2, 0.25) is 0 Å². The molecule has 1 amide bonds. The Morgan fingerprint density at radius 3 is 2.43 bits per heavy atom. The maximum absolute atomic E-state index is 11.5. The van der Waals surface area contributed by atoms with Crippen molar-refractivity contribution in [2.45, 2.75) is 6.92 Å². The van der Waals surface area contributed by atoms with Crippen LogP contribution < -0.4 is 16.0 Å². The first-order chi connectivity index (χ1) is 13.5. The second kappa shape index (κ2) is 8.58. The van der Waals surface area contributed by atoms with Gasteiger partial charge in [-0.25, -0.2) is 4.79 Å². The Balaban J connectivity index is 1.70. The van der Waals surface area contributed by atoms with Crippen molar-refractivity contribution >= 4 is 40.7 Å². The van der Waals surface area contributed by atoms with Gasteiger partial charge in [0.05, 0.1) is 18.9 Å². The molecule has 0 aliphatic carbocycles. The third-order valence-electron chi connectivity index (χ3n) is 3.58. The van der Waals surface area contributed by atoms with Gasteiger partial charge >= 0.3 is 5.97 Å². The summed E-state index contributed by atoms with van der Waals surface area (Å²) in [5.41, 5.74) is 2.55. The van der Waals surface area contributed by atoms with E-state index in [0.29, 0.717) is 22.8 Å². The van der Waals surface area contributed by atoms with E-state index in [-0.39, 0.29) is 11.9 Å². The van der Waals surface area contributed by atoms with E-state index in [9.17, 15) is 9.59 Å². The van der Waals surface area contributed by atoms with E-state index in [4.69, 9.17) is 0 Å². The molecule has 0 bridgehead atoms. The van der Waals surface area contributed by atoms with Crippen LogP contribution in [0.1, 0.15) is 17.3 Å². The van der Waals surface area contributed by atoms with Crippen LogP contribution in [-0.2, 0) is 9.53 Å². The number of aromatic nitrogens is 3. The van der Waals surface area contributed by atoms with Crippen molar-refractivity contribution in [3.63, 3.8) is 0 Å². The van der Waals surface area contributed by atoms with Gasteiger partial charge in [0.25, 0.3) is 0 Å². The molecular formula is C19H18N6O3. The topological polar surface area (TPSA) is 118 Å². The molecule has 1 aromatic heterocycles. The van der Waals surface area contributed by atoms with Crippen LogP contribution in [-0.4, -0.2) is 34.2 Å². The van der Waals surface area contributed by atoms with Gasteiger partial charge in [0.1, 0.15) is 0 Å². The highest BCUT2D eigenvalue weighted by Gasteiger charge is 2.06. The summed E-state index contributed by atoms with van der Waals surface area (Å²) in [4.78, 5) is 27.0. The Bertz CT molecular complexity index is 991. The number of anilines is 5. The van der Waals surface area contributed by atoms with Gasteiger partial charge in [-0.05, 0) is 42.5 Å². The summed E-state index contributed by atoms with van der Waals surface area (Å²) in [7, 11) is 1.33. The lowest BCUT2D eigenvalue weighted by molar-refractivity contribution is -0.114. The molecule has 0 aliphatic rings. The summed E-state index contributed by atoms with van der Waals surface area (Å²) in [5.74, 6) is 0.209. The van der Waals surface area contributed by atoms with Crippen molar-refractivity contribution in [3.05, 3.63) is 60.3 Å². The van der Waals surface area contributed by atoms with Crippen LogP contribution in [0.15, 0.2) is 54.7 Å². The SMILES string of the molecule is COC(=O)c1ccc(Nc2nncc(Nc3cccc(NC(C)=O)c3)n2)cc1. The first-order valence-electron chi connectivity index (χ1n) is 8.33. The van der Waals surface area contributed by atoms with Gasteiger partial charge in [0.15, 0.2) is 5.82 Å². The minimum absolute atomic E-state index is 0.148. The van der Waals surface area contributed by atoms with E-state index in [2.05, 4.69) is 35.9 Å². The number of nitrogens with zero attached hydrogens (tertiary/aromatic N) is 3. The van der Waals surface area contributed by atoms with E-state index in [1.54, 1.807) is 36.4 Å². The minimum Gasteiger partial charge on any atom is -0.465 e. The molecule has 0 fully saturated rings. The van der Waals surface area contributed by atoms with E-state index >= 15 is 0 Å². The summed E-state index contributed by atoms with van der Waals surface area (Å²) >= 11 is 0. The minimum atomic E-state index is -0.405. The number of rotatable bonds is 6. The molecule has 0 aliphatic heterocycles. The first-order valence-corrected chi connectivity index (χ1v) is 8.33.